The van der Waals surface area contributed by atoms with Crippen molar-refractivity contribution in [2.75, 3.05) is 24.6 Å². The molecular weight excluding hydrogens is 370 g/mol. The van der Waals surface area contributed by atoms with Crippen molar-refractivity contribution in [1.82, 2.24) is 19.7 Å². The minimum atomic E-state index is -0.270. The van der Waals surface area contributed by atoms with Gasteiger partial charge in [-0.15, -0.1) is 0 Å². The lowest BCUT2D eigenvalue weighted by Crippen LogP contribution is -2.41. The van der Waals surface area contributed by atoms with E-state index in [0.717, 1.165) is 22.2 Å². The molecule has 1 saturated heterocycles. The molecule has 1 unspecified atom stereocenters. The minimum Gasteiger partial charge on any atom is -0.368 e. The molecule has 1 fully saturated rings. The van der Waals surface area contributed by atoms with Gasteiger partial charge in [-0.1, -0.05) is 17.3 Å². The van der Waals surface area contributed by atoms with Crippen LogP contribution >= 0.6 is 0 Å². The minimum absolute atomic E-state index is 0.114. The third-order valence-electron chi connectivity index (χ3n) is 5.15. The second-order valence-electron chi connectivity index (χ2n) is 6.94. The number of anilines is 1. The van der Waals surface area contributed by atoms with Gasteiger partial charge in [-0.05, 0) is 24.3 Å². The van der Waals surface area contributed by atoms with E-state index in [1.165, 1.54) is 0 Å². The topological polar surface area (TPSA) is 86.3 Å². The smallest absolute Gasteiger partial charge is 0.255 e. The van der Waals surface area contributed by atoms with Crippen LogP contribution in [-0.2, 0) is 11.8 Å². The van der Waals surface area contributed by atoms with E-state index in [0.29, 0.717) is 31.3 Å². The second kappa shape index (κ2) is 7.14. The maximum absolute atomic E-state index is 12.6. The van der Waals surface area contributed by atoms with Crippen molar-refractivity contribution < 1.29 is 9.26 Å². The fourth-order valence-corrected chi connectivity index (χ4v) is 3.61. The van der Waals surface area contributed by atoms with Crippen molar-refractivity contribution in [3.63, 3.8) is 0 Å². The molecule has 1 aliphatic heterocycles. The Morgan fingerprint density at radius 1 is 1.14 bits per heavy atom. The lowest BCUT2D eigenvalue weighted by molar-refractivity contribution is 0.0351. The molecule has 8 nitrogen and oxygen atoms in total. The quantitative estimate of drug-likeness (QED) is 0.532. The number of ether oxygens (including phenoxy) is 1. The van der Waals surface area contributed by atoms with Crippen LogP contribution in [0.15, 0.2) is 64.2 Å². The molecule has 0 radical (unpaired) electrons. The molecule has 29 heavy (non-hydrogen) atoms. The Labute approximate surface area is 166 Å². The molecule has 1 aromatic carbocycles. The summed E-state index contributed by atoms with van der Waals surface area (Å²) in [5.41, 5.74) is 2.86. The van der Waals surface area contributed by atoms with Gasteiger partial charge in [0.25, 0.3) is 5.56 Å². The van der Waals surface area contributed by atoms with Crippen molar-refractivity contribution >= 4 is 16.9 Å². The van der Waals surface area contributed by atoms with E-state index in [1.54, 1.807) is 30.1 Å². The van der Waals surface area contributed by atoms with Gasteiger partial charge in [0.2, 0.25) is 5.95 Å². The van der Waals surface area contributed by atoms with Crippen molar-refractivity contribution in [3.8, 4) is 11.3 Å². The fraction of sp³-hybridized carbons (Fsp3) is 0.238. The first kappa shape index (κ1) is 17.6. The van der Waals surface area contributed by atoms with E-state index in [2.05, 4.69) is 15.0 Å². The van der Waals surface area contributed by atoms with Crippen LogP contribution in [0.3, 0.4) is 0 Å². The summed E-state index contributed by atoms with van der Waals surface area (Å²) < 4.78 is 13.0. The van der Waals surface area contributed by atoms with Gasteiger partial charge in [-0.3, -0.25) is 14.3 Å². The summed E-state index contributed by atoms with van der Waals surface area (Å²) in [4.78, 5) is 23.4. The van der Waals surface area contributed by atoms with Crippen LogP contribution < -0.4 is 10.5 Å². The van der Waals surface area contributed by atoms with Crippen LogP contribution in [0.25, 0.3) is 22.2 Å². The Bertz CT molecular complexity index is 1220. The Balaban J connectivity index is 1.51. The van der Waals surface area contributed by atoms with Crippen molar-refractivity contribution in [1.29, 1.82) is 0 Å². The summed E-state index contributed by atoms with van der Waals surface area (Å²) in [7, 11) is 1.73. The molecule has 4 aromatic rings. The highest BCUT2D eigenvalue weighted by molar-refractivity contribution is 5.79. The van der Waals surface area contributed by atoms with Gasteiger partial charge in [0.15, 0.2) is 5.58 Å². The van der Waals surface area contributed by atoms with Crippen LogP contribution in [0.4, 0.5) is 5.95 Å². The Hall–Kier alpha value is -3.52. The maximum atomic E-state index is 12.6. The number of hydrogen-bond donors (Lipinski definition) is 0. The average molecular weight is 389 g/mol. The molecule has 3 aromatic heterocycles. The third kappa shape index (κ3) is 3.17. The molecule has 0 amide bonds. The Morgan fingerprint density at radius 3 is 2.83 bits per heavy atom. The standard InChI is InChI=1S/C21H19N5O3/c1-25-19(27)12-16(14-6-8-22-9-7-14)23-21(25)26-10-11-28-18(13-26)20-15-4-2-3-5-17(15)29-24-20/h2-9,12,18H,10-11,13H2,1H3. The number of fused-ring (bicyclic) bond motifs is 1. The highest BCUT2D eigenvalue weighted by Crippen LogP contribution is 2.30. The first-order valence-electron chi connectivity index (χ1n) is 9.40. The van der Waals surface area contributed by atoms with Crippen LogP contribution in [0.1, 0.15) is 11.8 Å². The molecule has 4 heterocycles. The Kier molecular flexibility index (Phi) is 4.33. The molecule has 0 N–H and O–H groups in total. The summed E-state index contributed by atoms with van der Waals surface area (Å²) in [6.45, 7) is 1.66. The van der Waals surface area contributed by atoms with Gasteiger partial charge in [-0.25, -0.2) is 4.98 Å². The number of benzene rings is 1. The third-order valence-corrected chi connectivity index (χ3v) is 5.15. The molecule has 0 spiro atoms. The molecule has 0 aliphatic carbocycles. The maximum Gasteiger partial charge on any atom is 0.255 e. The fourth-order valence-electron chi connectivity index (χ4n) is 3.61. The van der Waals surface area contributed by atoms with Crippen LogP contribution in [0.2, 0.25) is 0 Å². The normalized spacial score (nSPS) is 17.0. The summed E-state index contributed by atoms with van der Waals surface area (Å²) in [6.07, 6.45) is 3.11. The van der Waals surface area contributed by atoms with E-state index >= 15 is 0 Å². The zero-order chi connectivity index (χ0) is 19.8. The Morgan fingerprint density at radius 2 is 1.97 bits per heavy atom. The highest BCUT2D eigenvalue weighted by atomic mass is 16.5. The SMILES string of the molecule is Cn1c(N2CCOC(c3noc4ccccc34)C2)nc(-c2ccncc2)cc1=O. The monoisotopic (exact) mass is 389 g/mol. The molecule has 0 saturated carbocycles. The largest absolute Gasteiger partial charge is 0.368 e. The van der Waals surface area contributed by atoms with Crippen LogP contribution in [-0.4, -0.2) is 39.4 Å². The number of para-hydroxylation sites is 1. The van der Waals surface area contributed by atoms with Gasteiger partial charge in [0.1, 0.15) is 11.8 Å². The predicted molar refractivity (Wildman–Crippen MR) is 108 cm³/mol. The van der Waals surface area contributed by atoms with Crippen molar-refractivity contribution in [2.24, 2.45) is 7.05 Å². The summed E-state index contributed by atoms with van der Waals surface area (Å²) >= 11 is 0. The number of rotatable bonds is 3. The van der Waals surface area contributed by atoms with E-state index in [1.807, 2.05) is 36.4 Å². The van der Waals surface area contributed by atoms with Crippen molar-refractivity contribution in [2.45, 2.75) is 6.10 Å². The van der Waals surface area contributed by atoms with Gasteiger partial charge in [0, 0.05) is 43.0 Å². The number of nitrogens with zero attached hydrogens (tertiary/aromatic N) is 5. The molecule has 0 bridgehead atoms. The lowest BCUT2D eigenvalue weighted by atomic mass is 10.1. The van der Waals surface area contributed by atoms with E-state index in [4.69, 9.17) is 14.2 Å². The van der Waals surface area contributed by atoms with Crippen LogP contribution in [0.5, 0.6) is 0 Å². The summed E-state index contributed by atoms with van der Waals surface area (Å²) in [5, 5.41) is 5.17. The zero-order valence-corrected chi connectivity index (χ0v) is 15.9. The van der Waals surface area contributed by atoms with E-state index < -0.39 is 0 Å². The first-order chi connectivity index (χ1) is 14.2. The second-order valence-corrected chi connectivity index (χ2v) is 6.94. The molecule has 5 rings (SSSR count). The summed E-state index contributed by atoms with van der Waals surface area (Å²) in [5.74, 6) is 0.602. The molecule has 1 aliphatic rings. The van der Waals surface area contributed by atoms with Gasteiger partial charge >= 0.3 is 0 Å². The average Bonchev–Trinajstić information content (AvgIpc) is 3.20. The zero-order valence-electron chi connectivity index (χ0n) is 15.9. The number of pyridine rings is 1. The number of hydrogen-bond acceptors (Lipinski definition) is 7. The van der Waals surface area contributed by atoms with Crippen molar-refractivity contribution in [3.05, 3.63) is 70.9 Å². The number of aromatic nitrogens is 4. The van der Waals surface area contributed by atoms with Gasteiger partial charge in [-0.2, -0.15) is 0 Å². The molecule has 8 heteroatoms. The molecular formula is C21H19N5O3. The van der Waals surface area contributed by atoms with Gasteiger partial charge in [0.05, 0.1) is 18.8 Å². The van der Waals surface area contributed by atoms with Crippen LogP contribution in [0, 0.1) is 0 Å². The summed E-state index contributed by atoms with van der Waals surface area (Å²) in [6, 6.07) is 13.0. The lowest BCUT2D eigenvalue weighted by Gasteiger charge is -2.33. The first-order valence-corrected chi connectivity index (χ1v) is 9.40. The van der Waals surface area contributed by atoms with Gasteiger partial charge < -0.3 is 14.2 Å². The van der Waals surface area contributed by atoms with E-state index in [-0.39, 0.29) is 11.7 Å². The van der Waals surface area contributed by atoms with E-state index in [9.17, 15) is 4.79 Å². The highest BCUT2D eigenvalue weighted by Gasteiger charge is 2.28. The molecule has 146 valence electrons. The predicted octanol–water partition coefficient (Wildman–Crippen LogP) is 2.56. The molecule has 1 atom stereocenters. The number of morpholine rings is 1.